The molecule has 1 aromatic carbocycles. The van der Waals surface area contributed by atoms with Crippen LogP contribution in [0.1, 0.15) is 0 Å². The van der Waals surface area contributed by atoms with Crippen LogP contribution in [0.3, 0.4) is 0 Å². The van der Waals surface area contributed by atoms with Crippen molar-refractivity contribution in [3.63, 3.8) is 0 Å². The molecule has 0 bridgehead atoms. The molecule has 4 nitrogen and oxygen atoms in total. The molecule has 89 valence electrons. The molecule has 0 spiro atoms. The number of aromatic nitrogens is 2. The molecule has 0 saturated heterocycles. The Balaban J connectivity index is 2.77. The Bertz CT molecular complexity index is 565. The summed E-state index contributed by atoms with van der Waals surface area (Å²) in [5.74, 6) is 1.30. The fourth-order valence-electron chi connectivity index (χ4n) is 1.46. The van der Waals surface area contributed by atoms with Crippen molar-refractivity contribution in [3.8, 4) is 11.5 Å². The molecule has 1 radical (unpaired) electrons. The normalized spacial score (nSPS) is 10.6. The first-order valence-corrected chi connectivity index (χ1v) is 10.2. The summed E-state index contributed by atoms with van der Waals surface area (Å²) < 4.78 is 11.4. The third kappa shape index (κ3) is 2.51. The van der Waals surface area contributed by atoms with Gasteiger partial charge in [-0.3, -0.25) is 0 Å². The molecular weight excluding hydrogens is 373 g/mol. The first kappa shape index (κ1) is 12.9. The number of hydrogen-bond donors (Lipinski definition) is 0. The molecule has 1 heterocycles. The predicted octanol–water partition coefficient (Wildman–Crippen LogP) is 0.713. The van der Waals surface area contributed by atoms with Crippen LogP contribution in [0.2, 0.25) is 5.28 Å². The number of rotatable bonds is 3. The van der Waals surface area contributed by atoms with Crippen LogP contribution in [-0.4, -0.2) is 51.5 Å². The fraction of sp³-hybridized carbons (Fsp3) is 0.200. The van der Waals surface area contributed by atoms with E-state index in [1.165, 1.54) is 0 Å². The third-order valence-electron chi connectivity index (χ3n) is 2.22. The number of fused-ring (bicyclic) bond motifs is 1. The Kier molecular flexibility index (Phi) is 4.12. The minimum atomic E-state index is 0.116. The van der Waals surface area contributed by atoms with Crippen molar-refractivity contribution in [1.82, 2.24) is 9.97 Å². The summed E-state index contributed by atoms with van der Waals surface area (Å²) in [5.41, 5.74) is 0.759. The number of ether oxygens (including phenoxy) is 2. The summed E-state index contributed by atoms with van der Waals surface area (Å²) in [6.07, 6.45) is 0. The van der Waals surface area contributed by atoms with Crippen LogP contribution in [0.5, 0.6) is 11.5 Å². The zero-order chi connectivity index (χ0) is 12.4. The summed E-state index contributed by atoms with van der Waals surface area (Å²) in [6, 6.07) is 3.68. The van der Waals surface area contributed by atoms with Crippen LogP contribution >= 0.6 is 11.6 Å². The number of halogens is 1. The standard InChI is InChI=1S/C10H8ClN2O2Se2/c1-14-7-3-5-6(4-8(7)15-2)12-10(11)13-9(5)17-16/h3-4H,1-2H3. The molecule has 0 amide bonds. The predicted molar refractivity (Wildman–Crippen MR) is 68.8 cm³/mol. The molecular formula is C10H8ClN2O2Se2. The Morgan fingerprint density at radius 3 is 2.41 bits per heavy atom. The summed E-state index contributed by atoms with van der Waals surface area (Å²) >= 11 is 8.98. The summed E-state index contributed by atoms with van der Waals surface area (Å²) in [7, 11) is 3.19. The monoisotopic (exact) mass is 383 g/mol. The number of nitrogens with zero attached hydrogens (tertiary/aromatic N) is 2. The Morgan fingerprint density at radius 1 is 1.18 bits per heavy atom. The van der Waals surface area contributed by atoms with Crippen molar-refractivity contribution in [2.75, 3.05) is 14.2 Å². The summed E-state index contributed by atoms with van der Waals surface area (Å²) in [4.78, 5) is 8.39. The molecule has 0 saturated carbocycles. The maximum atomic E-state index is 5.87. The Morgan fingerprint density at radius 2 is 1.82 bits per heavy atom. The molecule has 0 fully saturated rings. The second kappa shape index (κ2) is 5.42. The van der Waals surface area contributed by atoms with Gasteiger partial charge < -0.3 is 0 Å². The Labute approximate surface area is 117 Å². The van der Waals surface area contributed by atoms with Gasteiger partial charge in [0, 0.05) is 0 Å². The van der Waals surface area contributed by atoms with E-state index in [1.54, 1.807) is 20.3 Å². The van der Waals surface area contributed by atoms with E-state index in [1.807, 2.05) is 6.07 Å². The maximum absolute atomic E-state index is 5.87. The second-order valence-electron chi connectivity index (χ2n) is 3.11. The van der Waals surface area contributed by atoms with Gasteiger partial charge in [-0.1, -0.05) is 0 Å². The zero-order valence-electron chi connectivity index (χ0n) is 9.06. The number of hydrogen-bond acceptors (Lipinski definition) is 4. The average Bonchev–Trinajstić information content (AvgIpc) is 2.35. The molecule has 17 heavy (non-hydrogen) atoms. The second-order valence-corrected chi connectivity index (χ2v) is 6.42. The van der Waals surface area contributed by atoms with Crippen LogP contribution in [0.15, 0.2) is 12.1 Å². The van der Waals surface area contributed by atoms with Crippen LogP contribution in [0, 0.1) is 0 Å². The minimum absolute atomic E-state index is 0.116. The van der Waals surface area contributed by atoms with Crippen molar-refractivity contribution in [3.05, 3.63) is 17.4 Å². The molecule has 0 aliphatic rings. The summed E-state index contributed by atoms with van der Waals surface area (Å²) in [6.45, 7) is 0. The van der Waals surface area contributed by atoms with Gasteiger partial charge in [-0.15, -0.1) is 0 Å². The van der Waals surface area contributed by atoms with Crippen LogP contribution in [0.4, 0.5) is 0 Å². The third-order valence-corrected chi connectivity index (χ3v) is 5.09. The van der Waals surface area contributed by atoms with E-state index in [0.29, 0.717) is 11.5 Å². The molecule has 2 aromatic rings. The van der Waals surface area contributed by atoms with Crippen molar-refractivity contribution in [1.29, 1.82) is 0 Å². The van der Waals surface area contributed by atoms with E-state index in [-0.39, 0.29) is 18.4 Å². The van der Waals surface area contributed by atoms with Gasteiger partial charge in [-0.2, -0.15) is 0 Å². The van der Waals surface area contributed by atoms with Gasteiger partial charge in [-0.25, -0.2) is 0 Å². The van der Waals surface area contributed by atoms with Crippen LogP contribution < -0.4 is 14.1 Å². The van der Waals surface area contributed by atoms with Crippen molar-refractivity contribution in [2.45, 2.75) is 0 Å². The van der Waals surface area contributed by atoms with E-state index in [9.17, 15) is 0 Å². The van der Waals surface area contributed by atoms with E-state index in [2.05, 4.69) is 24.2 Å². The van der Waals surface area contributed by atoms with Gasteiger partial charge in [0.1, 0.15) is 0 Å². The van der Waals surface area contributed by atoms with Crippen LogP contribution in [0.25, 0.3) is 10.9 Å². The van der Waals surface area contributed by atoms with Gasteiger partial charge in [0.2, 0.25) is 0 Å². The molecule has 2 rings (SSSR count). The molecule has 0 aliphatic carbocycles. The number of methoxy groups -OCH3 is 2. The van der Waals surface area contributed by atoms with Gasteiger partial charge in [0.05, 0.1) is 0 Å². The van der Waals surface area contributed by atoms with E-state index in [4.69, 9.17) is 21.1 Å². The van der Waals surface area contributed by atoms with Gasteiger partial charge in [0.15, 0.2) is 0 Å². The molecule has 0 aliphatic heterocycles. The molecule has 7 heteroatoms. The van der Waals surface area contributed by atoms with E-state index in [0.717, 1.165) is 15.5 Å². The SMILES string of the molecule is COc1cc2nc(Cl)nc([Se][Se])c2cc1OC. The van der Waals surface area contributed by atoms with Crippen molar-refractivity contribution < 1.29 is 9.47 Å². The Hall–Kier alpha value is -0.511. The van der Waals surface area contributed by atoms with Crippen molar-refractivity contribution >= 4 is 54.4 Å². The summed E-state index contributed by atoms with van der Waals surface area (Å²) in [5, 5.41) is 1.18. The van der Waals surface area contributed by atoms with Crippen LogP contribution in [-0.2, 0) is 0 Å². The van der Waals surface area contributed by atoms with Gasteiger partial charge in [0.25, 0.3) is 0 Å². The average molecular weight is 382 g/mol. The first-order valence-electron chi connectivity index (χ1n) is 4.58. The zero-order valence-corrected chi connectivity index (χ0v) is 13.2. The van der Waals surface area contributed by atoms with Crippen molar-refractivity contribution in [2.24, 2.45) is 0 Å². The van der Waals surface area contributed by atoms with Gasteiger partial charge in [-0.05, 0) is 0 Å². The first-order chi connectivity index (χ1) is 8.19. The quantitative estimate of drug-likeness (QED) is 0.580. The van der Waals surface area contributed by atoms with E-state index >= 15 is 0 Å². The molecule has 0 atom stereocenters. The van der Waals surface area contributed by atoms with Gasteiger partial charge >= 0.3 is 117 Å². The fourth-order valence-corrected chi connectivity index (χ4v) is 3.93. The number of benzene rings is 1. The molecule has 0 unspecified atom stereocenters. The van der Waals surface area contributed by atoms with E-state index < -0.39 is 0 Å². The molecule has 0 N–H and O–H groups in total. The topological polar surface area (TPSA) is 44.2 Å². The molecule has 1 aromatic heterocycles.